The van der Waals surface area contributed by atoms with Crippen LogP contribution < -0.4 is 10.2 Å². The van der Waals surface area contributed by atoms with E-state index in [-0.39, 0.29) is 5.91 Å². The number of hydrogen-bond donors (Lipinski definition) is 1. The molecule has 2 aliphatic heterocycles. The summed E-state index contributed by atoms with van der Waals surface area (Å²) in [7, 11) is 0. The van der Waals surface area contributed by atoms with Crippen molar-refractivity contribution in [2.75, 3.05) is 36.5 Å². The number of piperidine rings is 1. The van der Waals surface area contributed by atoms with Crippen molar-refractivity contribution in [1.82, 2.24) is 10.2 Å². The fourth-order valence-corrected chi connectivity index (χ4v) is 3.53. The number of carbonyl (C=O) groups is 1. The summed E-state index contributed by atoms with van der Waals surface area (Å²) in [5, 5.41) is 11.3. The third-order valence-corrected chi connectivity index (χ3v) is 5.19. The summed E-state index contributed by atoms with van der Waals surface area (Å²) in [5.41, 5.74) is 3.20. The lowest BCUT2D eigenvalue weighted by molar-refractivity contribution is -0.169. The highest BCUT2D eigenvalue weighted by atomic mass is 16.7. The Kier molecular flexibility index (Phi) is 4.80. The zero-order valence-electron chi connectivity index (χ0n) is 15.7. The maximum atomic E-state index is 12.5. The van der Waals surface area contributed by atoms with Gasteiger partial charge < -0.3 is 19.7 Å². The molecule has 27 heavy (non-hydrogen) atoms. The van der Waals surface area contributed by atoms with E-state index in [0.717, 1.165) is 48.6 Å². The molecular weight excluding hydrogens is 344 g/mol. The molecule has 2 aromatic rings. The number of benzene rings is 1. The van der Waals surface area contributed by atoms with Crippen LogP contribution in [0.15, 0.2) is 30.3 Å². The maximum absolute atomic E-state index is 12.5. The summed E-state index contributed by atoms with van der Waals surface area (Å²) in [6.45, 7) is 6.89. The molecule has 7 nitrogen and oxygen atoms in total. The fourth-order valence-electron chi connectivity index (χ4n) is 3.53. The largest absolute Gasteiger partial charge is 0.355 e. The molecule has 4 rings (SSSR count). The topological polar surface area (TPSA) is 76.6 Å². The van der Waals surface area contributed by atoms with E-state index in [9.17, 15) is 4.79 Å². The molecule has 0 unspecified atom stereocenters. The summed E-state index contributed by atoms with van der Waals surface area (Å²) in [6, 6.07) is 9.52. The van der Waals surface area contributed by atoms with Gasteiger partial charge in [-0.2, -0.15) is 0 Å². The van der Waals surface area contributed by atoms with Gasteiger partial charge in [0, 0.05) is 31.6 Å². The summed E-state index contributed by atoms with van der Waals surface area (Å²) in [6.07, 6.45) is 1.62. The van der Waals surface area contributed by atoms with Gasteiger partial charge in [0.25, 0.3) is 5.91 Å². The Morgan fingerprint density at radius 3 is 2.48 bits per heavy atom. The second-order valence-electron chi connectivity index (χ2n) is 7.14. The van der Waals surface area contributed by atoms with Gasteiger partial charge in [-0.05, 0) is 43.2 Å². The minimum absolute atomic E-state index is 0.256. The highest BCUT2D eigenvalue weighted by molar-refractivity contribution is 6.03. The first-order valence-electron chi connectivity index (χ1n) is 9.30. The summed E-state index contributed by atoms with van der Waals surface area (Å²) < 4.78 is 11.5. The van der Waals surface area contributed by atoms with Crippen LogP contribution in [0.5, 0.6) is 0 Å². The molecule has 0 atom stereocenters. The molecule has 142 valence electrons. The first-order chi connectivity index (χ1) is 13.0. The average molecular weight is 368 g/mol. The Bertz CT molecular complexity index is 822. The zero-order chi connectivity index (χ0) is 18.9. The standard InChI is InChI=1S/C20H24N4O3/c1-14-3-4-15(2)17(13-14)21-19(25)16-5-6-18(23-22-16)24-9-7-20(8-10-24)26-11-12-27-20/h3-6,13H,7-12H2,1-2H3,(H,21,25). The number of hydrogen-bond acceptors (Lipinski definition) is 6. The van der Waals surface area contributed by atoms with E-state index in [1.165, 1.54) is 0 Å². The fraction of sp³-hybridized carbons (Fsp3) is 0.450. The molecule has 2 aliphatic rings. The van der Waals surface area contributed by atoms with Crippen molar-refractivity contribution in [3.63, 3.8) is 0 Å². The van der Waals surface area contributed by atoms with E-state index in [1.54, 1.807) is 6.07 Å². The van der Waals surface area contributed by atoms with E-state index >= 15 is 0 Å². The van der Waals surface area contributed by atoms with Crippen LogP contribution >= 0.6 is 0 Å². The summed E-state index contributed by atoms with van der Waals surface area (Å²) in [5.74, 6) is 0.106. The number of aromatic nitrogens is 2. The normalized spacial score (nSPS) is 18.7. The van der Waals surface area contributed by atoms with Crippen molar-refractivity contribution >= 4 is 17.4 Å². The van der Waals surface area contributed by atoms with Crippen molar-refractivity contribution in [2.45, 2.75) is 32.5 Å². The first kappa shape index (κ1) is 17.9. The monoisotopic (exact) mass is 368 g/mol. The van der Waals surface area contributed by atoms with Crippen LogP contribution in [0.4, 0.5) is 11.5 Å². The number of ether oxygens (including phenoxy) is 2. The van der Waals surface area contributed by atoms with Gasteiger partial charge in [0.05, 0.1) is 13.2 Å². The van der Waals surface area contributed by atoms with E-state index in [1.807, 2.05) is 38.1 Å². The number of rotatable bonds is 3. The highest BCUT2D eigenvalue weighted by Crippen LogP contribution is 2.32. The number of carbonyl (C=O) groups excluding carboxylic acids is 1. The molecule has 1 amide bonds. The van der Waals surface area contributed by atoms with E-state index in [4.69, 9.17) is 9.47 Å². The van der Waals surface area contributed by atoms with Crippen molar-refractivity contribution < 1.29 is 14.3 Å². The Morgan fingerprint density at radius 2 is 1.81 bits per heavy atom. The van der Waals surface area contributed by atoms with Crippen LogP contribution in [0.1, 0.15) is 34.5 Å². The van der Waals surface area contributed by atoms with Gasteiger partial charge in [0.1, 0.15) is 0 Å². The molecule has 2 fully saturated rings. The third-order valence-electron chi connectivity index (χ3n) is 5.19. The lowest BCUT2D eigenvalue weighted by Gasteiger charge is -2.37. The average Bonchev–Trinajstić information content (AvgIpc) is 3.13. The predicted molar refractivity (Wildman–Crippen MR) is 102 cm³/mol. The third kappa shape index (κ3) is 3.79. The van der Waals surface area contributed by atoms with E-state index in [2.05, 4.69) is 20.4 Å². The molecular formula is C20H24N4O3. The summed E-state index contributed by atoms with van der Waals surface area (Å²) in [4.78, 5) is 14.6. The number of amides is 1. The van der Waals surface area contributed by atoms with E-state index < -0.39 is 5.79 Å². The van der Waals surface area contributed by atoms with Crippen LogP contribution in [0.3, 0.4) is 0 Å². The molecule has 2 saturated heterocycles. The molecule has 0 bridgehead atoms. The predicted octanol–water partition coefficient (Wildman–Crippen LogP) is 2.69. The Morgan fingerprint density at radius 1 is 1.07 bits per heavy atom. The van der Waals surface area contributed by atoms with Crippen LogP contribution in [0, 0.1) is 13.8 Å². The van der Waals surface area contributed by atoms with Gasteiger partial charge in [-0.1, -0.05) is 12.1 Å². The minimum atomic E-state index is -0.407. The van der Waals surface area contributed by atoms with Crippen molar-refractivity contribution in [2.24, 2.45) is 0 Å². The smallest absolute Gasteiger partial charge is 0.276 e. The molecule has 1 aromatic heterocycles. The highest BCUT2D eigenvalue weighted by Gasteiger charge is 2.40. The molecule has 1 N–H and O–H groups in total. The zero-order valence-corrected chi connectivity index (χ0v) is 15.7. The molecule has 0 saturated carbocycles. The summed E-state index contributed by atoms with van der Waals surface area (Å²) >= 11 is 0. The number of aryl methyl sites for hydroxylation is 2. The van der Waals surface area contributed by atoms with Crippen LogP contribution in [-0.2, 0) is 9.47 Å². The van der Waals surface area contributed by atoms with Gasteiger partial charge in [0.15, 0.2) is 17.3 Å². The Balaban J connectivity index is 1.40. The quantitative estimate of drug-likeness (QED) is 0.898. The lowest BCUT2D eigenvalue weighted by Crippen LogP contribution is -2.45. The first-order valence-corrected chi connectivity index (χ1v) is 9.30. The van der Waals surface area contributed by atoms with Gasteiger partial charge in [0.2, 0.25) is 0 Å². The second-order valence-corrected chi connectivity index (χ2v) is 7.14. The van der Waals surface area contributed by atoms with Crippen LogP contribution in [-0.4, -0.2) is 48.2 Å². The van der Waals surface area contributed by atoms with Crippen molar-refractivity contribution in [1.29, 1.82) is 0 Å². The number of nitrogens with one attached hydrogen (secondary N) is 1. The van der Waals surface area contributed by atoms with Crippen LogP contribution in [0.25, 0.3) is 0 Å². The van der Waals surface area contributed by atoms with Gasteiger partial charge >= 0.3 is 0 Å². The SMILES string of the molecule is Cc1ccc(C)c(NC(=O)c2ccc(N3CCC4(CC3)OCCO4)nn2)c1. The molecule has 7 heteroatoms. The molecule has 3 heterocycles. The Hall–Kier alpha value is -2.51. The number of anilines is 2. The van der Waals surface area contributed by atoms with Crippen LogP contribution in [0.2, 0.25) is 0 Å². The molecule has 1 spiro atoms. The lowest BCUT2D eigenvalue weighted by atomic mass is 10.0. The van der Waals surface area contributed by atoms with E-state index in [0.29, 0.717) is 18.9 Å². The van der Waals surface area contributed by atoms with Gasteiger partial charge in [-0.25, -0.2) is 0 Å². The Labute approximate surface area is 158 Å². The molecule has 0 radical (unpaired) electrons. The molecule has 1 aromatic carbocycles. The second kappa shape index (κ2) is 7.25. The maximum Gasteiger partial charge on any atom is 0.276 e. The van der Waals surface area contributed by atoms with Gasteiger partial charge in [-0.15, -0.1) is 10.2 Å². The van der Waals surface area contributed by atoms with Crippen molar-refractivity contribution in [3.05, 3.63) is 47.2 Å². The molecule has 0 aliphatic carbocycles. The minimum Gasteiger partial charge on any atom is -0.355 e. The number of nitrogens with zero attached hydrogens (tertiary/aromatic N) is 3. The van der Waals surface area contributed by atoms with Gasteiger partial charge in [-0.3, -0.25) is 4.79 Å². The van der Waals surface area contributed by atoms with Crippen molar-refractivity contribution in [3.8, 4) is 0 Å².